The van der Waals surface area contributed by atoms with Gasteiger partial charge in [0.1, 0.15) is 6.23 Å². The number of nitrogens with one attached hydrogen (secondary N) is 1. The lowest BCUT2D eigenvalue weighted by molar-refractivity contribution is -0.120. The first-order valence-electron chi connectivity index (χ1n) is 9.30. The minimum Gasteiger partial charge on any atom is -0.397 e. The number of carbonyl (C=O) groups is 1. The van der Waals surface area contributed by atoms with Crippen molar-refractivity contribution in [1.82, 2.24) is 5.32 Å². The summed E-state index contributed by atoms with van der Waals surface area (Å²) in [6, 6.07) is 11.7. The van der Waals surface area contributed by atoms with Crippen LogP contribution in [0.15, 0.2) is 30.3 Å². The number of rotatable bonds is 5. The highest BCUT2D eigenvalue weighted by Gasteiger charge is 2.56. The van der Waals surface area contributed by atoms with Crippen LogP contribution in [0.3, 0.4) is 0 Å². The molecule has 1 amide bonds. The predicted molar refractivity (Wildman–Crippen MR) is 111 cm³/mol. The lowest BCUT2D eigenvalue weighted by Crippen LogP contribution is -2.55. The van der Waals surface area contributed by atoms with Crippen molar-refractivity contribution in [2.45, 2.75) is 82.7 Å². The maximum absolute atomic E-state index is 12.4. The molecule has 1 aliphatic heterocycles. The number of carbonyl (C=O) groups excluding carboxylic acids is 1. The van der Waals surface area contributed by atoms with E-state index in [4.69, 9.17) is 4.43 Å². The Kier molecular flexibility index (Phi) is 5.44. The van der Waals surface area contributed by atoms with Crippen LogP contribution in [0.25, 0.3) is 0 Å². The zero-order chi connectivity index (χ0) is 19.1. The number of hydrogen-bond acceptors (Lipinski definition) is 2. The van der Waals surface area contributed by atoms with Gasteiger partial charge < -0.3 is 9.74 Å². The van der Waals surface area contributed by atoms with Crippen molar-refractivity contribution in [3.8, 4) is 0 Å². The maximum atomic E-state index is 12.4. The Morgan fingerprint density at radius 1 is 1.16 bits per heavy atom. The Hall–Kier alpha value is -0.916. The predicted octanol–water partition coefficient (Wildman–Crippen LogP) is 5.10. The molecule has 1 aliphatic rings. The summed E-state index contributed by atoms with van der Waals surface area (Å²) in [5.74, 6) is 0.139. The summed E-state index contributed by atoms with van der Waals surface area (Å²) in [5, 5.41) is 3.20. The topological polar surface area (TPSA) is 38.3 Å². The average molecular weight is 378 g/mol. The van der Waals surface area contributed by atoms with Gasteiger partial charge in [-0.2, -0.15) is 0 Å². The van der Waals surface area contributed by atoms with Gasteiger partial charge in [0.05, 0.1) is 8.07 Å². The van der Waals surface area contributed by atoms with E-state index in [1.54, 1.807) is 0 Å². The normalized spacial score (nSPS) is 25.1. The molecule has 5 heteroatoms. The molecule has 1 N–H and O–H groups in total. The molecular weight excluding hydrogens is 342 g/mol. The van der Waals surface area contributed by atoms with E-state index >= 15 is 0 Å². The summed E-state index contributed by atoms with van der Waals surface area (Å²) in [6.07, 6.45) is 0.421. The molecule has 1 fully saturated rings. The van der Waals surface area contributed by atoms with E-state index in [0.29, 0.717) is 6.42 Å². The monoisotopic (exact) mass is 377 g/mol. The Bertz CT molecular complexity index is 622. The lowest BCUT2D eigenvalue weighted by atomic mass is 10.1. The molecule has 0 spiro atoms. The number of amides is 1. The second-order valence-corrected chi connectivity index (χ2v) is 20.0. The van der Waals surface area contributed by atoms with Crippen molar-refractivity contribution >= 4 is 22.3 Å². The highest BCUT2D eigenvalue weighted by atomic mass is 28.4. The zero-order valence-electron chi connectivity index (χ0n) is 17.2. The van der Waals surface area contributed by atoms with Crippen LogP contribution in [0, 0.1) is 0 Å². The minimum absolute atomic E-state index is 0.102. The van der Waals surface area contributed by atoms with Gasteiger partial charge in [0.15, 0.2) is 8.32 Å². The van der Waals surface area contributed by atoms with Gasteiger partial charge in [0.25, 0.3) is 0 Å². The molecule has 0 unspecified atom stereocenters. The molecule has 1 aromatic rings. The van der Waals surface area contributed by atoms with E-state index in [1.807, 2.05) is 0 Å². The molecule has 1 aromatic carbocycles. The summed E-state index contributed by atoms with van der Waals surface area (Å²) >= 11 is 0. The molecule has 0 radical (unpaired) electrons. The largest absolute Gasteiger partial charge is 0.397 e. The molecule has 0 bridgehead atoms. The standard InChI is InChI=1S/C20H35NO2Si2/c1-19(2,3)25(7,8)23-18-20(4,14-17(22)21-18)24(5,6)15-16-12-10-9-11-13-16/h9-13,18H,14-15H2,1-8H3,(H,21,22)/t18-,20+/m1/s1. The molecule has 1 heterocycles. The summed E-state index contributed by atoms with van der Waals surface area (Å²) in [5.41, 5.74) is 1.37. The summed E-state index contributed by atoms with van der Waals surface area (Å²) in [4.78, 5) is 12.4. The van der Waals surface area contributed by atoms with Crippen molar-refractivity contribution < 1.29 is 9.22 Å². The van der Waals surface area contributed by atoms with Gasteiger partial charge in [-0.15, -0.1) is 0 Å². The van der Waals surface area contributed by atoms with Crippen LogP contribution in [0.1, 0.15) is 39.7 Å². The van der Waals surface area contributed by atoms with Crippen molar-refractivity contribution in [3.63, 3.8) is 0 Å². The SMILES string of the molecule is CC(C)(C)[Si](C)(C)O[C@H]1NC(=O)C[C@]1(C)[Si](C)(C)Cc1ccccc1. The van der Waals surface area contributed by atoms with Gasteiger partial charge in [-0.3, -0.25) is 4.79 Å². The Balaban J connectivity index is 2.30. The fourth-order valence-electron chi connectivity index (χ4n) is 3.32. The first-order valence-corrected chi connectivity index (χ1v) is 15.4. The third-order valence-electron chi connectivity index (χ3n) is 6.65. The van der Waals surface area contributed by atoms with Crippen LogP contribution in [0.4, 0.5) is 0 Å². The zero-order valence-corrected chi connectivity index (χ0v) is 19.2. The molecule has 0 aromatic heterocycles. The Labute approximate surface area is 155 Å². The van der Waals surface area contributed by atoms with Crippen LogP contribution in [0.5, 0.6) is 0 Å². The molecular formula is C20H35NO2Si2. The average Bonchev–Trinajstić information content (AvgIpc) is 2.73. The van der Waals surface area contributed by atoms with E-state index in [1.165, 1.54) is 5.56 Å². The third-order valence-corrected chi connectivity index (χ3v) is 15.9. The Morgan fingerprint density at radius 3 is 2.24 bits per heavy atom. The third kappa shape index (κ3) is 4.09. The van der Waals surface area contributed by atoms with E-state index in [0.717, 1.165) is 6.04 Å². The van der Waals surface area contributed by atoms with E-state index in [9.17, 15) is 4.79 Å². The fourth-order valence-corrected chi connectivity index (χ4v) is 7.84. The van der Waals surface area contributed by atoms with Crippen LogP contribution < -0.4 is 5.32 Å². The summed E-state index contributed by atoms with van der Waals surface area (Å²) < 4.78 is 6.71. The number of hydrogen-bond donors (Lipinski definition) is 1. The Morgan fingerprint density at radius 2 is 1.72 bits per heavy atom. The lowest BCUT2D eigenvalue weighted by Gasteiger charge is -2.47. The second-order valence-electron chi connectivity index (χ2n) is 9.97. The molecule has 140 valence electrons. The molecule has 25 heavy (non-hydrogen) atoms. The van der Waals surface area contributed by atoms with Gasteiger partial charge in [-0.1, -0.05) is 76.7 Å². The minimum atomic E-state index is -1.95. The van der Waals surface area contributed by atoms with Crippen LogP contribution in [-0.2, 0) is 15.3 Å². The van der Waals surface area contributed by atoms with E-state index < -0.39 is 16.4 Å². The smallest absolute Gasteiger partial charge is 0.222 e. The molecule has 3 nitrogen and oxygen atoms in total. The quantitative estimate of drug-likeness (QED) is 0.725. The number of benzene rings is 1. The van der Waals surface area contributed by atoms with Crippen molar-refractivity contribution in [3.05, 3.63) is 35.9 Å². The van der Waals surface area contributed by atoms with Gasteiger partial charge in [0, 0.05) is 11.5 Å². The first-order chi connectivity index (χ1) is 11.3. The van der Waals surface area contributed by atoms with Gasteiger partial charge in [-0.05, 0) is 24.2 Å². The summed E-state index contributed by atoms with van der Waals surface area (Å²) in [7, 11) is -3.74. The highest BCUT2D eigenvalue weighted by Crippen LogP contribution is 2.51. The molecule has 0 aliphatic carbocycles. The van der Waals surface area contributed by atoms with Gasteiger partial charge >= 0.3 is 0 Å². The molecule has 0 saturated carbocycles. The summed E-state index contributed by atoms with van der Waals surface area (Å²) in [6.45, 7) is 18.4. The first kappa shape index (κ1) is 20.4. The van der Waals surface area contributed by atoms with Gasteiger partial charge in [-0.25, -0.2) is 0 Å². The van der Waals surface area contributed by atoms with E-state index in [2.05, 4.69) is 89.5 Å². The van der Waals surface area contributed by atoms with Crippen molar-refractivity contribution in [2.24, 2.45) is 0 Å². The highest BCUT2D eigenvalue weighted by molar-refractivity contribution is 6.80. The molecule has 2 rings (SSSR count). The van der Waals surface area contributed by atoms with Crippen LogP contribution in [0.2, 0.25) is 36.3 Å². The van der Waals surface area contributed by atoms with Gasteiger partial charge in [0.2, 0.25) is 5.91 Å². The van der Waals surface area contributed by atoms with Crippen molar-refractivity contribution in [1.29, 1.82) is 0 Å². The fraction of sp³-hybridized carbons (Fsp3) is 0.650. The molecule has 2 atom stereocenters. The second kappa shape index (κ2) is 6.67. The molecule has 1 saturated heterocycles. The van der Waals surface area contributed by atoms with Crippen molar-refractivity contribution in [2.75, 3.05) is 0 Å². The van der Waals surface area contributed by atoms with Crippen LogP contribution >= 0.6 is 0 Å². The van der Waals surface area contributed by atoms with Crippen LogP contribution in [-0.4, -0.2) is 28.5 Å². The maximum Gasteiger partial charge on any atom is 0.222 e. The van der Waals surface area contributed by atoms with E-state index in [-0.39, 0.29) is 22.2 Å².